The first-order chi connectivity index (χ1) is 5.41. The number of nitrogens with two attached hydrogens (primary N) is 1. The number of carbonyl (C=O) groups is 1. The third kappa shape index (κ3) is 1.72. The highest BCUT2D eigenvalue weighted by atomic mass is 32.2. The average molecular weight is 189 g/mol. The van der Waals surface area contributed by atoms with Crippen LogP contribution in [0.5, 0.6) is 0 Å². The number of Topliss-reactive ketones (excluding diaryl/α,β-unsaturated/α-hetero) is 1. The Balaban J connectivity index is 3.17. The Kier molecular flexibility index (Phi) is 2.03. The zero-order valence-corrected chi connectivity index (χ0v) is 7.09. The van der Waals surface area contributed by atoms with Crippen LogP contribution in [0.3, 0.4) is 0 Å². The summed E-state index contributed by atoms with van der Waals surface area (Å²) in [5, 5.41) is 4.77. The van der Waals surface area contributed by atoms with Crippen LogP contribution in [0.1, 0.15) is 17.5 Å². The highest BCUT2D eigenvalue weighted by molar-refractivity contribution is 7.89. The minimum absolute atomic E-state index is 0.0148. The molecule has 2 N–H and O–H groups in total. The maximum atomic E-state index is 10.7. The first-order valence-electron chi connectivity index (χ1n) is 3.03. The van der Waals surface area contributed by atoms with Crippen molar-refractivity contribution in [3.05, 3.63) is 18.1 Å². The van der Waals surface area contributed by atoms with E-state index in [1.807, 2.05) is 0 Å². The van der Waals surface area contributed by atoms with E-state index in [1.165, 1.54) is 6.92 Å². The molecule has 0 radical (unpaired) electrons. The molecule has 66 valence electrons. The molecule has 12 heavy (non-hydrogen) atoms. The topological polar surface area (TPSA) is 90.4 Å². The van der Waals surface area contributed by atoms with Gasteiger partial charge in [-0.15, -0.1) is 0 Å². The second-order valence-corrected chi connectivity index (χ2v) is 3.81. The van der Waals surface area contributed by atoms with Crippen LogP contribution < -0.4 is 5.14 Å². The van der Waals surface area contributed by atoms with Gasteiger partial charge in [-0.2, -0.15) is 0 Å². The lowest BCUT2D eigenvalue weighted by Crippen LogP contribution is -2.10. The van der Waals surface area contributed by atoms with E-state index < -0.39 is 10.0 Å². The van der Waals surface area contributed by atoms with Crippen molar-refractivity contribution in [2.75, 3.05) is 0 Å². The van der Waals surface area contributed by atoms with E-state index >= 15 is 0 Å². The Morgan fingerprint density at radius 3 is 2.42 bits per heavy atom. The molecular weight excluding hydrogens is 182 g/mol. The molecule has 0 aliphatic carbocycles. The van der Waals surface area contributed by atoms with Gasteiger partial charge in [-0.1, -0.05) is 0 Å². The number of sulfonamides is 1. The third-order valence-electron chi connectivity index (χ3n) is 1.25. The van der Waals surface area contributed by atoms with Gasteiger partial charge in [-0.3, -0.25) is 4.79 Å². The number of rotatable bonds is 2. The molecular formula is C6H7NO4S. The molecule has 0 saturated carbocycles. The van der Waals surface area contributed by atoms with Crippen molar-refractivity contribution in [3.63, 3.8) is 0 Å². The second-order valence-electron chi connectivity index (χ2n) is 2.25. The zero-order chi connectivity index (χ0) is 9.35. The van der Waals surface area contributed by atoms with E-state index in [2.05, 4.69) is 4.42 Å². The molecule has 0 atom stereocenters. The lowest BCUT2D eigenvalue weighted by atomic mass is 10.3. The Bertz CT molecular complexity index is 403. The summed E-state index contributed by atoms with van der Waals surface area (Å²) in [6.07, 6.45) is 0.937. The zero-order valence-electron chi connectivity index (χ0n) is 6.27. The minimum atomic E-state index is -3.76. The fourth-order valence-corrected chi connectivity index (χ4v) is 1.11. The van der Waals surface area contributed by atoms with E-state index in [0.717, 1.165) is 12.3 Å². The van der Waals surface area contributed by atoms with Crippen molar-refractivity contribution in [2.24, 2.45) is 5.14 Å². The quantitative estimate of drug-likeness (QED) is 0.669. The fourth-order valence-electron chi connectivity index (χ4n) is 0.653. The SMILES string of the molecule is CC(=O)c1cc(S(N)(=O)=O)co1. The lowest BCUT2D eigenvalue weighted by molar-refractivity contribution is 0.0987. The molecule has 0 amide bonds. The van der Waals surface area contributed by atoms with Crippen molar-refractivity contribution in [1.29, 1.82) is 0 Å². The highest BCUT2D eigenvalue weighted by Gasteiger charge is 2.13. The van der Waals surface area contributed by atoms with E-state index in [-0.39, 0.29) is 16.4 Å². The lowest BCUT2D eigenvalue weighted by Gasteiger charge is -1.86. The standard InChI is InChI=1S/C6H7NO4S/c1-4(8)6-2-5(3-11-6)12(7,9)10/h2-3H,1H3,(H2,7,9,10). The molecule has 0 bridgehead atoms. The smallest absolute Gasteiger partial charge is 0.241 e. The summed E-state index contributed by atoms with van der Waals surface area (Å²) >= 11 is 0. The Labute approximate surface area is 69.2 Å². The molecule has 0 aromatic carbocycles. The van der Waals surface area contributed by atoms with E-state index in [1.54, 1.807) is 0 Å². The van der Waals surface area contributed by atoms with Gasteiger partial charge >= 0.3 is 0 Å². The predicted octanol–water partition coefficient (Wildman–Crippen LogP) is 0.130. The number of furan rings is 1. The van der Waals surface area contributed by atoms with Gasteiger partial charge in [0.2, 0.25) is 10.0 Å². The van der Waals surface area contributed by atoms with Crippen LogP contribution in [-0.4, -0.2) is 14.2 Å². The van der Waals surface area contributed by atoms with Crippen molar-refractivity contribution in [2.45, 2.75) is 11.8 Å². The van der Waals surface area contributed by atoms with Gasteiger partial charge in [0, 0.05) is 13.0 Å². The minimum Gasteiger partial charge on any atom is -0.460 e. The summed E-state index contributed by atoms with van der Waals surface area (Å²) in [4.78, 5) is 10.5. The normalized spacial score (nSPS) is 11.5. The van der Waals surface area contributed by atoms with E-state index in [4.69, 9.17) is 5.14 Å². The van der Waals surface area contributed by atoms with Crippen molar-refractivity contribution in [1.82, 2.24) is 0 Å². The van der Waals surface area contributed by atoms with Crippen LogP contribution in [-0.2, 0) is 10.0 Å². The van der Waals surface area contributed by atoms with Crippen molar-refractivity contribution < 1.29 is 17.6 Å². The summed E-state index contributed by atoms with van der Waals surface area (Å²) in [7, 11) is -3.76. The fraction of sp³-hybridized carbons (Fsp3) is 0.167. The molecule has 6 heteroatoms. The molecule has 5 nitrogen and oxygen atoms in total. The molecule has 0 fully saturated rings. The molecule has 0 aliphatic rings. The first kappa shape index (κ1) is 8.95. The number of ketones is 1. The maximum absolute atomic E-state index is 10.7. The number of hydrogen-bond acceptors (Lipinski definition) is 4. The van der Waals surface area contributed by atoms with Gasteiger partial charge in [0.1, 0.15) is 11.2 Å². The van der Waals surface area contributed by atoms with E-state index in [0.29, 0.717) is 0 Å². The molecule has 0 aliphatic heterocycles. The van der Waals surface area contributed by atoms with Crippen LogP contribution in [0, 0.1) is 0 Å². The molecule has 0 spiro atoms. The van der Waals surface area contributed by atoms with E-state index in [9.17, 15) is 13.2 Å². The Morgan fingerprint density at radius 2 is 2.17 bits per heavy atom. The summed E-state index contributed by atoms with van der Waals surface area (Å²) in [6.45, 7) is 1.27. The number of primary sulfonamides is 1. The summed E-state index contributed by atoms with van der Waals surface area (Å²) < 4.78 is 26.0. The first-order valence-corrected chi connectivity index (χ1v) is 4.58. The second kappa shape index (κ2) is 2.72. The summed E-state index contributed by atoms with van der Waals surface area (Å²) in [5.74, 6) is -0.357. The Hall–Kier alpha value is -1.14. The van der Waals surface area contributed by atoms with Crippen LogP contribution in [0.15, 0.2) is 21.6 Å². The molecule has 0 saturated heterocycles. The molecule has 1 aromatic heterocycles. The molecule has 1 aromatic rings. The number of hydrogen-bond donors (Lipinski definition) is 1. The van der Waals surface area contributed by atoms with Gasteiger partial charge in [0.05, 0.1) is 0 Å². The molecule has 1 rings (SSSR count). The molecule has 1 heterocycles. The van der Waals surface area contributed by atoms with Gasteiger partial charge in [-0.05, 0) is 0 Å². The largest absolute Gasteiger partial charge is 0.460 e. The maximum Gasteiger partial charge on any atom is 0.241 e. The van der Waals surface area contributed by atoms with Gasteiger partial charge in [-0.25, -0.2) is 13.6 Å². The van der Waals surface area contributed by atoms with Crippen LogP contribution >= 0.6 is 0 Å². The average Bonchev–Trinajstić information content (AvgIpc) is 2.30. The Morgan fingerprint density at radius 1 is 1.58 bits per heavy atom. The highest BCUT2D eigenvalue weighted by Crippen LogP contribution is 2.11. The van der Waals surface area contributed by atoms with Crippen LogP contribution in [0.4, 0.5) is 0 Å². The summed E-state index contributed by atoms with van der Waals surface area (Å²) in [6, 6.07) is 1.09. The monoisotopic (exact) mass is 189 g/mol. The van der Waals surface area contributed by atoms with Gasteiger partial charge < -0.3 is 4.42 Å². The summed E-state index contributed by atoms with van der Waals surface area (Å²) in [5.41, 5.74) is 0. The predicted molar refractivity (Wildman–Crippen MR) is 40.1 cm³/mol. The third-order valence-corrected chi connectivity index (χ3v) is 2.12. The molecule has 0 unspecified atom stereocenters. The van der Waals surface area contributed by atoms with Crippen LogP contribution in [0.25, 0.3) is 0 Å². The van der Waals surface area contributed by atoms with Crippen LogP contribution in [0.2, 0.25) is 0 Å². The van der Waals surface area contributed by atoms with Crippen molar-refractivity contribution in [3.8, 4) is 0 Å². The van der Waals surface area contributed by atoms with Crippen molar-refractivity contribution >= 4 is 15.8 Å². The van der Waals surface area contributed by atoms with Gasteiger partial charge in [0.25, 0.3) is 0 Å². The number of carbonyl (C=O) groups excluding carboxylic acids is 1. The van der Waals surface area contributed by atoms with Gasteiger partial charge in [0.15, 0.2) is 11.5 Å².